The molecule has 0 radical (unpaired) electrons. The van der Waals surface area contributed by atoms with Gasteiger partial charge in [0.2, 0.25) is 0 Å². The number of aromatic nitrogens is 1. The lowest BCUT2D eigenvalue weighted by atomic mass is 10.00. The van der Waals surface area contributed by atoms with Crippen molar-refractivity contribution in [1.29, 1.82) is 5.26 Å². The number of oxazole rings is 1. The van der Waals surface area contributed by atoms with Crippen molar-refractivity contribution in [1.82, 2.24) is 15.2 Å². The minimum atomic E-state index is -0.890. The zero-order chi connectivity index (χ0) is 23.5. The van der Waals surface area contributed by atoms with Crippen molar-refractivity contribution in [3.63, 3.8) is 0 Å². The Labute approximate surface area is 189 Å². The van der Waals surface area contributed by atoms with E-state index in [1.165, 1.54) is 10.6 Å². The number of carbonyl (C=O) groups is 1. The summed E-state index contributed by atoms with van der Waals surface area (Å²) in [6.45, 7) is 3.60. The van der Waals surface area contributed by atoms with Crippen molar-refractivity contribution in [2.24, 2.45) is 13.0 Å². The molecule has 4 rings (SSSR count). The number of aryl methyl sites for hydroxylation is 1. The van der Waals surface area contributed by atoms with E-state index in [1.54, 1.807) is 37.4 Å². The summed E-state index contributed by atoms with van der Waals surface area (Å²) in [7, 11) is 1.61. The Hall–Kier alpha value is -3.48. The topological polar surface area (TPSA) is 109 Å². The van der Waals surface area contributed by atoms with E-state index in [0.717, 1.165) is 12.1 Å². The Morgan fingerprint density at radius 3 is 2.82 bits per heavy atom. The van der Waals surface area contributed by atoms with Crippen LogP contribution >= 0.6 is 0 Å². The highest BCUT2D eigenvalue weighted by molar-refractivity contribution is 5.82. The molecule has 172 valence electrons. The maximum Gasteiger partial charge on any atom is 0.419 e. The van der Waals surface area contributed by atoms with Crippen LogP contribution in [0.1, 0.15) is 12.5 Å². The van der Waals surface area contributed by atoms with Crippen molar-refractivity contribution < 1.29 is 18.3 Å². The molecule has 2 N–H and O–H groups in total. The number of nitriles is 1. The number of rotatable bonds is 5. The van der Waals surface area contributed by atoms with E-state index in [-0.39, 0.29) is 12.3 Å². The predicted molar refractivity (Wildman–Crippen MR) is 120 cm³/mol. The van der Waals surface area contributed by atoms with E-state index in [2.05, 4.69) is 10.6 Å². The van der Waals surface area contributed by atoms with Crippen LogP contribution in [0.3, 0.4) is 0 Å². The molecule has 1 aromatic heterocycles. The van der Waals surface area contributed by atoms with Crippen molar-refractivity contribution in [3.05, 3.63) is 58.3 Å². The second-order valence-electron chi connectivity index (χ2n) is 8.40. The normalized spacial score (nSPS) is 19.6. The molecule has 0 saturated carbocycles. The summed E-state index contributed by atoms with van der Waals surface area (Å²) in [5.74, 6) is -1.04. The van der Waals surface area contributed by atoms with Gasteiger partial charge < -0.3 is 19.8 Å². The van der Waals surface area contributed by atoms with Crippen LogP contribution in [0, 0.1) is 23.1 Å². The number of nitrogens with zero attached hydrogens (tertiary/aromatic N) is 2. The first-order valence-electron chi connectivity index (χ1n) is 10.8. The number of fused-ring (bicyclic) bond motifs is 1. The van der Waals surface area contributed by atoms with Crippen molar-refractivity contribution in [3.8, 4) is 17.2 Å². The number of carbonyl (C=O) groups excluding carboxylic acids is 1. The summed E-state index contributed by atoms with van der Waals surface area (Å²) < 4.78 is 27.0. The third-order valence-electron chi connectivity index (χ3n) is 5.77. The quantitative estimate of drug-likeness (QED) is 0.614. The van der Waals surface area contributed by atoms with Crippen LogP contribution < -0.4 is 16.4 Å². The molecule has 1 aliphatic heterocycles. The molecule has 0 bridgehead atoms. The average Bonchev–Trinajstić information content (AvgIpc) is 2.95. The highest BCUT2D eigenvalue weighted by Crippen LogP contribution is 2.26. The number of amides is 1. The number of nitrogens with one attached hydrogen (secondary N) is 2. The fourth-order valence-electron chi connectivity index (χ4n) is 3.84. The molecule has 3 aromatic rings. The first-order chi connectivity index (χ1) is 15.9. The minimum absolute atomic E-state index is 0.0279. The molecule has 9 heteroatoms. The van der Waals surface area contributed by atoms with Gasteiger partial charge in [0.15, 0.2) is 5.58 Å². The van der Waals surface area contributed by atoms with Crippen molar-refractivity contribution in [2.45, 2.75) is 25.5 Å². The molecule has 1 aliphatic rings. The van der Waals surface area contributed by atoms with Gasteiger partial charge in [0.25, 0.3) is 5.91 Å². The molecule has 1 fully saturated rings. The molecule has 0 aliphatic carbocycles. The second kappa shape index (κ2) is 9.57. The number of halogens is 1. The van der Waals surface area contributed by atoms with Crippen LogP contribution in [0.4, 0.5) is 4.39 Å². The molecule has 2 heterocycles. The number of hydrogen-bond donors (Lipinski definition) is 2. The van der Waals surface area contributed by atoms with Crippen LogP contribution in [0.2, 0.25) is 0 Å². The molecule has 33 heavy (non-hydrogen) atoms. The van der Waals surface area contributed by atoms with Gasteiger partial charge in [0.05, 0.1) is 18.2 Å². The van der Waals surface area contributed by atoms with Gasteiger partial charge in [0.1, 0.15) is 18.0 Å². The third kappa shape index (κ3) is 4.97. The van der Waals surface area contributed by atoms with E-state index in [4.69, 9.17) is 9.15 Å². The van der Waals surface area contributed by atoms with Gasteiger partial charge in [-0.3, -0.25) is 9.36 Å². The minimum Gasteiger partial charge on any atom is -0.408 e. The lowest BCUT2D eigenvalue weighted by Gasteiger charge is -2.18. The highest BCUT2D eigenvalue weighted by Gasteiger charge is 2.25. The van der Waals surface area contributed by atoms with Gasteiger partial charge in [0, 0.05) is 26.6 Å². The van der Waals surface area contributed by atoms with E-state index in [1.807, 2.05) is 13.0 Å². The molecule has 1 amide bonds. The summed E-state index contributed by atoms with van der Waals surface area (Å²) in [5, 5.41) is 15.3. The Balaban J connectivity index is 1.47. The largest absolute Gasteiger partial charge is 0.419 e. The second-order valence-corrected chi connectivity index (χ2v) is 8.40. The lowest BCUT2D eigenvalue weighted by molar-refractivity contribution is -0.132. The summed E-state index contributed by atoms with van der Waals surface area (Å²) in [5.41, 5.74) is 2.73. The van der Waals surface area contributed by atoms with Crippen LogP contribution in [0.25, 0.3) is 22.2 Å². The van der Waals surface area contributed by atoms with Crippen LogP contribution in [-0.2, 0) is 23.0 Å². The first-order valence-corrected chi connectivity index (χ1v) is 10.8. The predicted octanol–water partition coefficient (Wildman–Crippen LogP) is 2.11. The summed E-state index contributed by atoms with van der Waals surface area (Å²) in [4.78, 5) is 24.2. The third-order valence-corrected chi connectivity index (χ3v) is 5.77. The highest BCUT2D eigenvalue weighted by atomic mass is 19.1. The van der Waals surface area contributed by atoms with E-state index < -0.39 is 23.7 Å². The van der Waals surface area contributed by atoms with E-state index in [9.17, 15) is 19.2 Å². The molecule has 0 spiro atoms. The summed E-state index contributed by atoms with van der Waals surface area (Å²) in [6.07, 6.45) is -0.660. The fourth-order valence-corrected chi connectivity index (χ4v) is 3.84. The molecular formula is C24H25FN4O4. The smallest absolute Gasteiger partial charge is 0.408 e. The Bertz CT molecular complexity index is 1280. The fraction of sp³-hybridized carbons (Fsp3) is 0.375. The van der Waals surface area contributed by atoms with Crippen LogP contribution in [-0.4, -0.2) is 42.3 Å². The molecule has 1 unspecified atom stereocenters. The zero-order valence-electron chi connectivity index (χ0n) is 18.4. The number of hydrogen-bond acceptors (Lipinski definition) is 6. The van der Waals surface area contributed by atoms with Gasteiger partial charge >= 0.3 is 5.76 Å². The molecular weight excluding hydrogens is 427 g/mol. The maximum absolute atomic E-state index is 14.9. The standard InChI is InChI=1S/C24H25FN4O4/c1-14-11-27-12-22(32-13-14)23(30)28-18(10-26)7-17-4-3-15(8-19(17)25)16-5-6-21-20(9-16)29(2)24(31)33-21/h3-6,8-9,14,18,22,27H,7,11-13H2,1-2H3,(H,28,30)/t14?,18-,22-/m0/s1. The zero-order valence-corrected chi connectivity index (χ0v) is 18.4. The molecule has 8 nitrogen and oxygen atoms in total. The van der Waals surface area contributed by atoms with Gasteiger partial charge in [-0.2, -0.15) is 5.26 Å². The maximum atomic E-state index is 14.9. The Morgan fingerprint density at radius 2 is 2.06 bits per heavy atom. The average molecular weight is 452 g/mol. The monoisotopic (exact) mass is 452 g/mol. The van der Waals surface area contributed by atoms with Gasteiger partial charge in [-0.1, -0.05) is 25.1 Å². The summed E-state index contributed by atoms with van der Waals surface area (Å²) in [6, 6.07) is 11.0. The molecule has 1 saturated heterocycles. The van der Waals surface area contributed by atoms with Crippen molar-refractivity contribution >= 4 is 17.0 Å². The van der Waals surface area contributed by atoms with E-state index in [0.29, 0.717) is 41.3 Å². The molecule has 2 aromatic carbocycles. The number of ether oxygens (including phenoxy) is 1. The van der Waals surface area contributed by atoms with Gasteiger partial charge in [-0.15, -0.1) is 0 Å². The lowest BCUT2D eigenvalue weighted by Crippen LogP contribution is -2.46. The van der Waals surface area contributed by atoms with Crippen molar-refractivity contribution in [2.75, 3.05) is 19.7 Å². The van der Waals surface area contributed by atoms with Crippen LogP contribution in [0.5, 0.6) is 0 Å². The van der Waals surface area contributed by atoms with E-state index >= 15 is 0 Å². The molecule has 3 atom stereocenters. The SMILES string of the molecule is CC1CNC[C@@H](C(=O)N[C@H](C#N)Cc2ccc(-c3ccc4oc(=O)n(C)c4c3)cc2F)OC1. The van der Waals surface area contributed by atoms with Gasteiger partial charge in [-0.25, -0.2) is 9.18 Å². The van der Waals surface area contributed by atoms with Gasteiger partial charge in [-0.05, 0) is 40.8 Å². The Morgan fingerprint density at radius 1 is 1.30 bits per heavy atom. The number of benzene rings is 2. The van der Waals surface area contributed by atoms with Crippen LogP contribution in [0.15, 0.2) is 45.6 Å². The first kappa shape index (κ1) is 22.7. The summed E-state index contributed by atoms with van der Waals surface area (Å²) >= 11 is 0. The Kier molecular flexibility index (Phi) is 6.58.